The first kappa shape index (κ1) is 11.2. The van der Waals surface area contributed by atoms with Crippen LogP contribution in [0, 0.1) is 0 Å². The van der Waals surface area contributed by atoms with Crippen molar-refractivity contribution in [1.82, 2.24) is 4.90 Å². The summed E-state index contributed by atoms with van der Waals surface area (Å²) in [5, 5.41) is 8.39. The minimum absolute atomic E-state index is 0.227. The molecule has 0 aliphatic rings. The van der Waals surface area contributed by atoms with E-state index in [-0.39, 0.29) is 6.42 Å². The Kier molecular flexibility index (Phi) is 6.38. The number of allylic oxidation sites excluding steroid dienone is 1. The SMILES string of the molecule is C=CCCCN(C)CCC(=O)O. The van der Waals surface area contributed by atoms with Gasteiger partial charge in [-0.15, -0.1) is 6.58 Å². The maximum Gasteiger partial charge on any atom is 0.304 e. The van der Waals surface area contributed by atoms with Crippen molar-refractivity contribution >= 4 is 5.97 Å². The van der Waals surface area contributed by atoms with Gasteiger partial charge in [0.15, 0.2) is 0 Å². The molecule has 0 heterocycles. The topological polar surface area (TPSA) is 40.5 Å². The molecule has 0 bridgehead atoms. The number of nitrogens with zero attached hydrogens (tertiary/aromatic N) is 1. The third-order valence-corrected chi connectivity index (χ3v) is 1.66. The van der Waals surface area contributed by atoms with E-state index < -0.39 is 5.97 Å². The van der Waals surface area contributed by atoms with Gasteiger partial charge in [-0.05, 0) is 26.4 Å². The molecule has 0 unspecified atom stereocenters. The van der Waals surface area contributed by atoms with Crippen LogP contribution in [0.1, 0.15) is 19.3 Å². The summed E-state index contributed by atoms with van der Waals surface area (Å²) in [5.41, 5.74) is 0. The molecule has 0 aromatic rings. The largest absolute Gasteiger partial charge is 0.481 e. The minimum Gasteiger partial charge on any atom is -0.481 e. The molecule has 0 atom stereocenters. The fourth-order valence-electron chi connectivity index (χ4n) is 0.904. The Labute approximate surface area is 73.7 Å². The van der Waals surface area contributed by atoms with E-state index >= 15 is 0 Å². The highest BCUT2D eigenvalue weighted by atomic mass is 16.4. The third kappa shape index (κ3) is 7.28. The number of carbonyl (C=O) groups is 1. The van der Waals surface area contributed by atoms with Gasteiger partial charge in [0.1, 0.15) is 0 Å². The molecule has 0 amide bonds. The van der Waals surface area contributed by atoms with Crippen LogP contribution >= 0.6 is 0 Å². The molecule has 0 spiro atoms. The van der Waals surface area contributed by atoms with Crippen molar-refractivity contribution in [2.24, 2.45) is 0 Å². The Hall–Kier alpha value is -0.830. The van der Waals surface area contributed by atoms with E-state index in [2.05, 4.69) is 6.58 Å². The van der Waals surface area contributed by atoms with Crippen molar-refractivity contribution in [2.45, 2.75) is 19.3 Å². The highest BCUT2D eigenvalue weighted by molar-refractivity contribution is 5.66. The summed E-state index contributed by atoms with van der Waals surface area (Å²) < 4.78 is 0. The average molecular weight is 171 g/mol. The van der Waals surface area contributed by atoms with Crippen molar-refractivity contribution in [3.63, 3.8) is 0 Å². The molecule has 1 N–H and O–H groups in total. The monoisotopic (exact) mass is 171 g/mol. The fourth-order valence-corrected chi connectivity index (χ4v) is 0.904. The summed E-state index contributed by atoms with van der Waals surface area (Å²) >= 11 is 0. The maximum atomic E-state index is 10.2. The third-order valence-electron chi connectivity index (χ3n) is 1.66. The van der Waals surface area contributed by atoms with Crippen molar-refractivity contribution in [3.8, 4) is 0 Å². The van der Waals surface area contributed by atoms with Gasteiger partial charge in [0.05, 0.1) is 6.42 Å². The first-order valence-corrected chi connectivity index (χ1v) is 4.18. The van der Waals surface area contributed by atoms with Crippen LogP contribution in [0.2, 0.25) is 0 Å². The number of aliphatic carboxylic acids is 1. The van der Waals surface area contributed by atoms with E-state index in [1.54, 1.807) is 0 Å². The van der Waals surface area contributed by atoms with Gasteiger partial charge in [-0.2, -0.15) is 0 Å². The predicted molar refractivity (Wildman–Crippen MR) is 49.2 cm³/mol. The molecule has 0 rings (SSSR count). The summed E-state index contributed by atoms with van der Waals surface area (Å²) in [6.45, 7) is 5.19. The van der Waals surface area contributed by atoms with E-state index in [1.807, 2.05) is 18.0 Å². The number of carboxylic acid groups (broad SMARTS) is 1. The maximum absolute atomic E-state index is 10.2. The predicted octanol–water partition coefficient (Wildman–Crippen LogP) is 1.36. The van der Waals surface area contributed by atoms with Gasteiger partial charge in [-0.25, -0.2) is 0 Å². The zero-order chi connectivity index (χ0) is 9.40. The van der Waals surface area contributed by atoms with E-state index in [1.165, 1.54) is 0 Å². The standard InChI is InChI=1S/C9H17NO2/c1-3-4-5-7-10(2)8-6-9(11)12/h3H,1,4-8H2,2H3,(H,11,12). The lowest BCUT2D eigenvalue weighted by atomic mass is 10.3. The molecule has 0 aromatic heterocycles. The summed E-state index contributed by atoms with van der Waals surface area (Å²) in [5.74, 6) is -0.731. The summed E-state index contributed by atoms with van der Waals surface area (Å²) in [6, 6.07) is 0. The van der Waals surface area contributed by atoms with Gasteiger partial charge in [-0.3, -0.25) is 4.79 Å². The van der Waals surface area contributed by atoms with E-state index in [0.29, 0.717) is 6.54 Å². The van der Waals surface area contributed by atoms with Crippen molar-refractivity contribution in [3.05, 3.63) is 12.7 Å². The van der Waals surface area contributed by atoms with E-state index in [4.69, 9.17) is 5.11 Å². The van der Waals surface area contributed by atoms with Crippen LogP contribution in [0.3, 0.4) is 0 Å². The molecular weight excluding hydrogens is 154 g/mol. The second-order valence-corrected chi connectivity index (χ2v) is 2.88. The highest BCUT2D eigenvalue weighted by Gasteiger charge is 2.00. The van der Waals surface area contributed by atoms with Crippen LogP contribution in [0.4, 0.5) is 0 Å². The summed E-state index contributed by atoms with van der Waals surface area (Å²) in [4.78, 5) is 12.2. The lowest BCUT2D eigenvalue weighted by molar-refractivity contribution is -0.137. The van der Waals surface area contributed by atoms with E-state index in [0.717, 1.165) is 19.4 Å². The van der Waals surface area contributed by atoms with Crippen molar-refractivity contribution in [2.75, 3.05) is 20.1 Å². The normalized spacial score (nSPS) is 10.2. The molecule has 0 fully saturated rings. The zero-order valence-corrected chi connectivity index (χ0v) is 7.62. The Morgan fingerprint density at radius 3 is 2.75 bits per heavy atom. The second-order valence-electron chi connectivity index (χ2n) is 2.88. The van der Waals surface area contributed by atoms with Crippen LogP contribution in [0.5, 0.6) is 0 Å². The minimum atomic E-state index is -0.731. The van der Waals surface area contributed by atoms with Crippen molar-refractivity contribution < 1.29 is 9.90 Å². The Bertz CT molecular complexity index is 145. The number of rotatable bonds is 7. The number of hydrogen-bond acceptors (Lipinski definition) is 2. The molecule has 0 saturated heterocycles. The number of carboxylic acids is 1. The van der Waals surface area contributed by atoms with Crippen LogP contribution in [-0.4, -0.2) is 36.1 Å². The molecule has 3 heteroatoms. The molecule has 3 nitrogen and oxygen atoms in total. The smallest absolute Gasteiger partial charge is 0.304 e. The van der Waals surface area contributed by atoms with Gasteiger partial charge in [0, 0.05) is 6.54 Å². The van der Waals surface area contributed by atoms with Gasteiger partial charge >= 0.3 is 5.97 Å². The van der Waals surface area contributed by atoms with Crippen LogP contribution in [-0.2, 0) is 4.79 Å². The summed E-state index contributed by atoms with van der Waals surface area (Å²) in [6.07, 6.45) is 4.16. The quantitative estimate of drug-likeness (QED) is 0.464. The second kappa shape index (κ2) is 6.85. The van der Waals surface area contributed by atoms with Gasteiger partial charge < -0.3 is 10.0 Å². The number of hydrogen-bond donors (Lipinski definition) is 1. The first-order chi connectivity index (χ1) is 5.66. The Morgan fingerprint density at radius 2 is 2.25 bits per heavy atom. The molecule has 12 heavy (non-hydrogen) atoms. The Balaban J connectivity index is 3.26. The van der Waals surface area contributed by atoms with Crippen LogP contribution in [0.25, 0.3) is 0 Å². The van der Waals surface area contributed by atoms with Crippen LogP contribution in [0.15, 0.2) is 12.7 Å². The molecule has 70 valence electrons. The molecule has 0 aliphatic carbocycles. The van der Waals surface area contributed by atoms with Crippen molar-refractivity contribution in [1.29, 1.82) is 0 Å². The highest BCUT2D eigenvalue weighted by Crippen LogP contribution is 1.94. The molecule has 0 radical (unpaired) electrons. The van der Waals surface area contributed by atoms with Gasteiger partial charge in [-0.1, -0.05) is 6.08 Å². The average Bonchev–Trinajstić information content (AvgIpc) is 2.01. The first-order valence-electron chi connectivity index (χ1n) is 4.18. The lowest BCUT2D eigenvalue weighted by Crippen LogP contribution is -2.22. The molecular formula is C9H17NO2. The van der Waals surface area contributed by atoms with Crippen LogP contribution < -0.4 is 0 Å². The van der Waals surface area contributed by atoms with Gasteiger partial charge in [0.25, 0.3) is 0 Å². The lowest BCUT2D eigenvalue weighted by Gasteiger charge is -2.13. The van der Waals surface area contributed by atoms with E-state index in [9.17, 15) is 4.79 Å². The fraction of sp³-hybridized carbons (Fsp3) is 0.667. The Morgan fingerprint density at radius 1 is 1.58 bits per heavy atom. The molecule has 0 aliphatic heterocycles. The molecule has 0 saturated carbocycles. The van der Waals surface area contributed by atoms with Gasteiger partial charge in [0.2, 0.25) is 0 Å². The zero-order valence-electron chi connectivity index (χ0n) is 7.62. The molecule has 0 aromatic carbocycles. The summed E-state index contributed by atoms with van der Waals surface area (Å²) in [7, 11) is 1.94. The number of unbranched alkanes of at least 4 members (excludes halogenated alkanes) is 1.